The van der Waals surface area contributed by atoms with E-state index in [4.69, 9.17) is 37.4 Å². The highest BCUT2D eigenvalue weighted by molar-refractivity contribution is 6.35. The Hall–Kier alpha value is -3.55. The zero-order chi connectivity index (χ0) is 23.6. The van der Waals surface area contributed by atoms with Gasteiger partial charge in [-0.25, -0.2) is 10.2 Å². The lowest BCUT2D eigenvalue weighted by atomic mass is 10.2. The van der Waals surface area contributed by atoms with Gasteiger partial charge in [0.25, 0.3) is 5.91 Å². The molecule has 3 aromatic carbocycles. The number of hydrazone groups is 1. The van der Waals surface area contributed by atoms with Gasteiger partial charge in [-0.15, -0.1) is 0 Å². The first kappa shape index (κ1) is 24.1. The predicted molar refractivity (Wildman–Crippen MR) is 127 cm³/mol. The first-order valence-corrected chi connectivity index (χ1v) is 10.6. The number of hydrogen-bond acceptors (Lipinski definition) is 6. The number of esters is 1. The molecule has 0 spiro atoms. The van der Waals surface area contributed by atoms with E-state index in [0.717, 1.165) is 0 Å². The Morgan fingerprint density at radius 2 is 1.64 bits per heavy atom. The Morgan fingerprint density at radius 1 is 0.939 bits per heavy atom. The molecule has 0 aliphatic heterocycles. The van der Waals surface area contributed by atoms with Crippen LogP contribution in [0.1, 0.15) is 22.8 Å². The van der Waals surface area contributed by atoms with Crippen LogP contribution in [0.2, 0.25) is 10.0 Å². The van der Waals surface area contributed by atoms with Crippen LogP contribution in [0.25, 0.3) is 0 Å². The highest BCUT2D eigenvalue weighted by Gasteiger charge is 2.09. The fraction of sp³-hybridized carbons (Fsp3) is 0.125. The highest BCUT2D eigenvalue weighted by atomic mass is 35.5. The number of carbonyl (C=O) groups is 2. The average Bonchev–Trinajstić information content (AvgIpc) is 2.80. The summed E-state index contributed by atoms with van der Waals surface area (Å²) in [5.74, 6) is 0.467. The Morgan fingerprint density at radius 3 is 2.30 bits per heavy atom. The highest BCUT2D eigenvalue weighted by Crippen LogP contribution is 2.27. The summed E-state index contributed by atoms with van der Waals surface area (Å²) in [5, 5.41) is 4.65. The molecule has 7 nitrogen and oxygen atoms in total. The molecule has 3 rings (SSSR count). The predicted octanol–water partition coefficient (Wildman–Crippen LogP) is 5.14. The number of benzene rings is 3. The number of ether oxygens (including phenoxy) is 3. The maximum Gasteiger partial charge on any atom is 0.343 e. The minimum Gasteiger partial charge on any atom is -0.494 e. The lowest BCUT2D eigenvalue weighted by molar-refractivity contribution is -0.123. The van der Waals surface area contributed by atoms with E-state index in [1.54, 1.807) is 60.7 Å². The summed E-state index contributed by atoms with van der Waals surface area (Å²) >= 11 is 11.8. The summed E-state index contributed by atoms with van der Waals surface area (Å²) in [6, 6.07) is 18.1. The molecule has 1 amide bonds. The third kappa shape index (κ3) is 7.52. The molecular formula is C24H20Cl2N2O5. The Balaban J connectivity index is 1.46. The van der Waals surface area contributed by atoms with Gasteiger partial charge in [0.05, 0.1) is 23.4 Å². The molecule has 0 unspecified atom stereocenters. The van der Waals surface area contributed by atoms with E-state index < -0.39 is 11.9 Å². The summed E-state index contributed by atoms with van der Waals surface area (Å²) in [5.41, 5.74) is 3.46. The summed E-state index contributed by atoms with van der Waals surface area (Å²) in [4.78, 5) is 24.1. The van der Waals surface area contributed by atoms with E-state index in [0.29, 0.717) is 45.0 Å². The Kier molecular flexibility index (Phi) is 8.69. The van der Waals surface area contributed by atoms with E-state index >= 15 is 0 Å². The van der Waals surface area contributed by atoms with Gasteiger partial charge in [0.15, 0.2) is 6.61 Å². The molecule has 0 radical (unpaired) electrons. The Bertz CT molecular complexity index is 1130. The van der Waals surface area contributed by atoms with Crippen LogP contribution in [-0.4, -0.2) is 31.3 Å². The molecule has 1 N–H and O–H groups in total. The van der Waals surface area contributed by atoms with Gasteiger partial charge in [-0.05, 0) is 79.2 Å². The third-order valence-corrected chi connectivity index (χ3v) is 4.68. The minimum atomic E-state index is -0.479. The molecule has 0 saturated heterocycles. The second-order valence-electron chi connectivity index (χ2n) is 6.57. The van der Waals surface area contributed by atoms with Crippen molar-refractivity contribution in [3.05, 3.63) is 87.9 Å². The van der Waals surface area contributed by atoms with E-state index in [9.17, 15) is 9.59 Å². The fourth-order valence-corrected chi connectivity index (χ4v) is 3.05. The molecule has 0 atom stereocenters. The summed E-state index contributed by atoms with van der Waals surface area (Å²) in [6.45, 7) is 2.17. The second kappa shape index (κ2) is 11.9. The van der Waals surface area contributed by atoms with Crippen LogP contribution < -0.4 is 19.6 Å². The molecule has 0 fully saturated rings. The zero-order valence-electron chi connectivity index (χ0n) is 17.6. The van der Waals surface area contributed by atoms with Gasteiger partial charge in [0.1, 0.15) is 17.2 Å². The van der Waals surface area contributed by atoms with E-state index in [-0.39, 0.29) is 6.61 Å². The maximum absolute atomic E-state index is 12.3. The van der Waals surface area contributed by atoms with Crippen LogP contribution in [0.5, 0.6) is 17.2 Å². The van der Waals surface area contributed by atoms with Crippen molar-refractivity contribution in [1.29, 1.82) is 0 Å². The minimum absolute atomic E-state index is 0.265. The lowest BCUT2D eigenvalue weighted by Gasteiger charge is -2.07. The maximum atomic E-state index is 12.3. The van der Waals surface area contributed by atoms with Crippen molar-refractivity contribution in [3.63, 3.8) is 0 Å². The topological polar surface area (TPSA) is 86.2 Å². The Labute approximate surface area is 200 Å². The first-order chi connectivity index (χ1) is 15.9. The van der Waals surface area contributed by atoms with Gasteiger partial charge in [-0.2, -0.15) is 5.10 Å². The van der Waals surface area contributed by atoms with Crippen molar-refractivity contribution in [2.45, 2.75) is 6.92 Å². The average molecular weight is 487 g/mol. The summed E-state index contributed by atoms with van der Waals surface area (Å²) in [7, 11) is 0. The molecule has 0 aliphatic rings. The number of amides is 1. The molecule has 0 saturated carbocycles. The summed E-state index contributed by atoms with van der Waals surface area (Å²) < 4.78 is 16.0. The van der Waals surface area contributed by atoms with Crippen molar-refractivity contribution in [2.24, 2.45) is 5.10 Å². The van der Waals surface area contributed by atoms with E-state index in [1.165, 1.54) is 12.3 Å². The molecule has 33 heavy (non-hydrogen) atoms. The van der Waals surface area contributed by atoms with Crippen molar-refractivity contribution in [3.8, 4) is 17.2 Å². The zero-order valence-corrected chi connectivity index (χ0v) is 19.1. The second-order valence-corrected chi connectivity index (χ2v) is 7.42. The van der Waals surface area contributed by atoms with Gasteiger partial charge < -0.3 is 14.2 Å². The standard InChI is InChI=1S/C24H20Cl2N2O5/c1-2-31-19-10-5-17(6-11-19)24(30)33-20-8-3-16(4-9-20)14-27-28-23(29)15-32-22-12-7-18(25)13-21(22)26/h3-14H,2,15H2,1H3,(H,28,29)/b27-14-. The number of halogens is 2. The van der Waals surface area contributed by atoms with Gasteiger partial charge in [0, 0.05) is 5.02 Å². The van der Waals surface area contributed by atoms with Crippen molar-refractivity contribution in [1.82, 2.24) is 5.43 Å². The van der Waals surface area contributed by atoms with Crippen LogP contribution >= 0.6 is 23.2 Å². The van der Waals surface area contributed by atoms with Crippen molar-refractivity contribution >= 4 is 41.3 Å². The first-order valence-electron chi connectivity index (χ1n) is 9.89. The molecule has 170 valence electrons. The monoisotopic (exact) mass is 486 g/mol. The van der Waals surface area contributed by atoms with Crippen LogP contribution in [0, 0.1) is 0 Å². The van der Waals surface area contributed by atoms with Crippen molar-refractivity contribution < 1.29 is 23.8 Å². The lowest BCUT2D eigenvalue weighted by Crippen LogP contribution is -2.24. The number of nitrogens with one attached hydrogen (secondary N) is 1. The number of carbonyl (C=O) groups excluding carboxylic acids is 2. The van der Waals surface area contributed by atoms with Crippen LogP contribution in [0.15, 0.2) is 71.8 Å². The van der Waals surface area contributed by atoms with E-state index in [1.807, 2.05) is 6.92 Å². The fourth-order valence-electron chi connectivity index (χ4n) is 2.59. The van der Waals surface area contributed by atoms with E-state index in [2.05, 4.69) is 10.5 Å². The van der Waals surface area contributed by atoms with Gasteiger partial charge >= 0.3 is 5.97 Å². The van der Waals surface area contributed by atoms with Crippen LogP contribution in [0.4, 0.5) is 0 Å². The van der Waals surface area contributed by atoms with Crippen LogP contribution in [-0.2, 0) is 4.79 Å². The molecule has 0 heterocycles. The largest absolute Gasteiger partial charge is 0.494 e. The number of hydrogen-bond donors (Lipinski definition) is 1. The quantitative estimate of drug-likeness (QED) is 0.196. The molecule has 0 aliphatic carbocycles. The van der Waals surface area contributed by atoms with Crippen molar-refractivity contribution in [2.75, 3.05) is 13.2 Å². The molecular weight excluding hydrogens is 467 g/mol. The smallest absolute Gasteiger partial charge is 0.343 e. The molecule has 3 aromatic rings. The van der Waals surface area contributed by atoms with Gasteiger partial charge in [-0.1, -0.05) is 23.2 Å². The molecule has 9 heteroatoms. The molecule has 0 bridgehead atoms. The van der Waals surface area contributed by atoms with Gasteiger partial charge in [0.2, 0.25) is 0 Å². The third-order valence-electron chi connectivity index (χ3n) is 4.15. The van der Waals surface area contributed by atoms with Crippen LogP contribution in [0.3, 0.4) is 0 Å². The summed E-state index contributed by atoms with van der Waals surface area (Å²) in [6.07, 6.45) is 1.45. The number of nitrogens with zero attached hydrogens (tertiary/aromatic N) is 1. The number of rotatable bonds is 9. The molecule has 0 aromatic heterocycles. The van der Waals surface area contributed by atoms with Gasteiger partial charge in [-0.3, -0.25) is 4.79 Å². The SMILES string of the molecule is CCOc1ccc(C(=O)Oc2ccc(/C=N\NC(=O)COc3ccc(Cl)cc3Cl)cc2)cc1. The normalized spacial score (nSPS) is 10.6.